The standard InChI is InChI=1S/C12H19NO2/c1-10-4-5-11(9-14-2)8-12(10)15-7-3-6-13/h4-5,8H,3,6-7,9,13H2,1-2H3. The van der Waals surface area contributed by atoms with Crippen LogP contribution in [-0.2, 0) is 11.3 Å². The summed E-state index contributed by atoms with van der Waals surface area (Å²) in [6.07, 6.45) is 0.883. The number of nitrogens with two attached hydrogens (primary N) is 1. The van der Waals surface area contributed by atoms with Crippen molar-refractivity contribution in [1.29, 1.82) is 0 Å². The van der Waals surface area contributed by atoms with Gasteiger partial charge >= 0.3 is 0 Å². The van der Waals surface area contributed by atoms with Gasteiger partial charge in [-0.2, -0.15) is 0 Å². The van der Waals surface area contributed by atoms with E-state index >= 15 is 0 Å². The lowest BCUT2D eigenvalue weighted by Crippen LogP contribution is -2.07. The van der Waals surface area contributed by atoms with Gasteiger partial charge in [-0.25, -0.2) is 0 Å². The monoisotopic (exact) mass is 209 g/mol. The minimum absolute atomic E-state index is 0.619. The van der Waals surface area contributed by atoms with E-state index in [2.05, 4.69) is 6.07 Å². The van der Waals surface area contributed by atoms with E-state index in [0.717, 1.165) is 23.3 Å². The predicted octanol–water partition coefficient (Wildman–Crippen LogP) is 1.87. The van der Waals surface area contributed by atoms with Crippen molar-refractivity contribution in [1.82, 2.24) is 0 Å². The normalized spacial score (nSPS) is 10.3. The molecule has 0 heterocycles. The highest BCUT2D eigenvalue weighted by Gasteiger charge is 2.01. The minimum atomic E-state index is 0.619. The molecule has 0 fully saturated rings. The predicted molar refractivity (Wildman–Crippen MR) is 61.1 cm³/mol. The van der Waals surface area contributed by atoms with E-state index in [0.29, 0.717) is 19.8 Å². The third-order valence-corrected chi connectivity index (χ3v) is 2.17. The van der Waals surface area contributed by atoms with Gasteiger partial charge in [0.25, 0.3) is 0 Å². The molecule has 0 unspecified atom stereocenters. The quantitative estimate of drug-likeness (QED) is 0.727. The minimum Gasteiger partial charge on any atom is -0.493 e. The lowest BCUT2D eigenvalue weighted by Gasteiger charge is -2.10. The summed E-state index contributed by atoms with van der Waals surface area (Å²) in [4.78, 5) is 0. The summed E-state index contributed by atoms with van der Waals surface area (Å²) in [5, 5.41) is 0. The smallest absolute Gasteiger partial charge is 0.122 e. The summed E-state index contributed by atoms with van der Waals surface area (Å²) in [5.41, 5.74) is 7.68. The van der Waals surface area contributed by atoms with Crippen molar-refractivity contribution < 1.29 is 9.47 Å². The van der Waals surface area contributed by atoms with Crippen LogP contribution in [0.3, 0.4) is 0 Å². The van der Waals surface area contributed by atoms with E-state index < -0.39 is 0 Å². The molecular formula is C12H19NO2. The number of ether oxygens (including phenoxy) is 2. The maximum atomic E-state index is 5.63. The fraction of sp³-hybridized carbons (Fsp3) is 0.500. The third kappa shape index (κ3) is 3.90. The van der Waals surface area contributed by atoms with Crippen LogP contribution in [0.5, 0.6) is 5.75 Å². The van der Waals surface area contributed by atoms with Gasteiger partial charge in [0.2, 0.25) is 0 Å². The first-order valence-corrected chi connectivity index (χ1v) is 5.19. The maximum Gasteiger partial charge on any atom is 0.122 e. The van der Waals surface area contributed by atoms with Crippen molar-refractivity contribution in [3.63, 3.8) is 0 Å². The van der Waals surface area contributed by atoms with E-state index in [1.807, 2.05) is 19.1 Å². The van der Waals surface area contributed by atoms with Gasteiger partial charge in [0, 0.05) is 7.11 Å². The Labute approximate surface area is 91.2 Å². The molecule has 3 heteroatoms. The van der Waals surface area contributed by atoms with Crippen molar-refractivity contribution in [3.05, 3.63) is 29.3 Å². The first-order valence-electron chi connectivity index (χ1n) is 5.19. The molecule has 0 amide bonds. The van der Waals surface area contributed by atoms with E-state index in [4.69, 9.17) is 15.2 Å². The molecule has 0 aliphatic carbocycles. The lowest BCUT2D eigenvalue weighted by molar-refractivity contribution is 0.184. The molecule has 0 aliphatic heterocycles. The van der Waals surface area contributed by atoms with Gasteiger partial charge in [0.1, 0.15) is 5.75 Å². The summed E-state index contributed by atoms with van der Waals surface area (Å²) in [6, 6.07) is 6.12. The summed E-state index contributed by atoms with van der Waals surface area (Å²) in [5.74, 6) is 0.929. The molecule has 3 nitrogen and oxygen atoms in total. The SMILES string of the molecule is COCc1ccc(C)c(OCCCN)c1. The van der Waals surface area contributed by atoms with E-state index in [1.165, 1.54) is 0 Å². The lowest BCUT2D eigenvalue weighted by atomic mass is 10.1. The fourth-order valence-corrected chi connectivity index (χ4v) is 1.32. The Morgan fingerprint density at radius 1 is 1.33 bits per heavy atom. The number of rotatable bonds is 6. The summed E-state index contributed by atoms with van der Waals surface area (Å²) < 4.78 is 10.7. The van der Waals surface area contributed by atoms with Gasteiger partial charge < -0.3 is 15.2 Å². The highest BCUT2D eigenvalue weighted by atomic mass is 16.5. The highest BCUT2D eigenvalue weighted by Crippen LogP contribution is 2.20. The van der Waals surface area contributed by atoms with Crippen LogP contribution in [0.15, 0.2) is 18.2 Å². The van der Waals surface area contributed by atoms with Gasteiger partial charge in [-0.15, -0.1) is 0 Å². The van der Waals surface area contributed by atoms with Crippen LogP contribution < -0.4 is 10.5 Å². The molecule has 0 radical (unpaired) electrons. The van der Waals surface area contributed by atoms with Crippen molar-refractivity contribution in [2.75, 3.05) is 20.3 Å². The second-order valence-electron chi connectivity index (χ2n) is 3.52. The molecule has 15 heavy (non-hydrogen) atoms. The molecule has 1 rings (SSSR count). The zero-order valence-electron chi connectivity index (χ0n) is 9.45. The van der Waals surface area contributed by atoms with Gasteiger partial charge in [0.05, 0.1) is 13.2 Å². The number of benzene rings is 1. The molecule has 0 saturated heterocycles. The fourth-order valence-electron chi connectivity index (χ4n) is 1.32. The zero-order chi connectivity index (χ0) is 11.1. The number of methoxy groups -OCH3 is 1. The van der Waals surface area contributed by atoms with Crippen molar-refractivity contribution in [2.24, 2.45) is 5.73 Å². The number of aryl methyl sites for hydroxylation is 1. The van der Waals surface area contributed by atoms with Gasteiger partial charge in [0.15, 0.2) is 0 Å². The molecule has 1 aromatic rings. The molecule has 0 spiro atoms. The molecule has 1 aromatic carbocycles. The van der Waals surface area contributed by atoms with Crippen LogP contribution in [-0.4, -0.2) is 20.3 Å². The van der Waals surface area contributed by atoms with E-state index in [9.17, 15) is 0 Å². The van der Waals surface area contributed by atoms with Crippen LogP contribution in [0.4, 0.5) is 0 Å². The van der Waals surface area contributed by atoms with Crippen molar-refractivity contribution >= 4 is 0 Å². The van der Waals surface area contributed by atoms with E-state index in [-0.39, 0.29) is 0 Å². The van der Waals surface area contributed by atoms with Crippen molar-refractivity contribution in [3.8, 4) is 5.75 Å². The molecule has 2 N–H and O–H groups in total. The van der Waals surface area contributed by atoms with Gasteiger partial charge in [-0.1, -0.05) is 12.1 Å². The highest BCUT2D eigenvalue weighted by molar-refractivity contribution is 5.36. The summed E-state index contributed by atoms with van der Waals surface area (Å²) in [6.45, 7) is 3.99. The second kappa shape index (κ2) is 6.43. The summed E-state index contributed by atoms with van der Waals surface area (Å²) in [7, 11) is 1.69. The molecule has 0 saturated carbocycles. The second-order valence-corrected chi connectivity index (χ2v) is 3.52. The molecule has 0 bridgehead atoms. The molecule has 0 aromatic heterocycles. The Balaban J connectivity index is 2.63. The van der Waals surface area contributed by atoms with Gasteiger partial charge in [-0.05, 0) is 37.1 Å². The topological polar surface area (TPSA) is 44.5 Å². The van der Waals surface area contributed by atoms with Gasteiger partial charge in [-0.3, -0.25) is 0 Å². The molecule has 0 atom stereocenters. The number of hydrogen-bond donors (Lipinski definition) is 1. The third-order valence-electron chi connectivity index (χ3n) is 2.17. The largest absolute Gasteiger partial charge is 0.493 e. The van der Waals surface area contributed by atoms with Crippen LogP contribution in [0.1, 0.15) is 17.5 Å². The Hall–Kier alpha value is -1.06. The zero-order valence-corrected chi connectivity index (χ0v) is 9.45. The summed E-state index contributed by atoms with van der Waals surface area (Å²) >= 11 is 0. The Kier molecular flexibility index (Phi) is 5.15. The van der Waals surface area contributed by atoms with Crippen molar-refractivity contribution in [2.45, 2.75) is 20.0 Å². The Morgan fingerprint density at radius 3 is 2.80 bits per heavy atom. The molecule has 84 valence electrons. The van der Waals surface area contributed by atoms with Crippen LogP contribution >= 0.6 is 0 Å². The number of hydrogen-bond acceptors (Lipinski definition) is 3. The maximum absolute atomic E-state index is 5.63. The average molecular weight is 209 g/mol. The Bertz CT molecular complexity index is 300. The first-order chi connectivity index (χ1) is 7.27. The first kappa shape index (κ1) is 12.0. The Morgan fingerprint density at radius 2 is 2.13 bits per heavy atom. The molecular weight excluding hydrogens is 190 g/mol. The van der Waals surface area contributed by atoms with Crippen LogP contribution in [0.2, 0.25) is 0 Å². The average Bonchev–Trinajstić information content (AvgIpc) is 2.23. The van der Waals surface area contributed by atoms with Crippen LogP contribution in [0, 0.1) is 6.92 Å². The molecule has 0 aliphatic rings. The van der Waals surface area contributed by atoms with E-state index in [1.54, 1.807) is 7.11 Å². The van der Waals surface area contributed by atoms with Crippen LogP contribution in [0.25, 0.3) is 0 Å².